The molecule has 0 saturated carbocycles. The summed E-state index contributed by atoms with van der Waals surface area (Å²) in [5.41, 5.74) is 1.18. The number of amides is 2. The Bertz CT molecular complexity index is 968. The normalized spacial score (nSPS) is 15.5. The second-order valence-electron chi connectivity index (χ2n) is 7.50. The molecule has 166 valence electrons. The molecular formula is C22H25Cl2N3O4. The van der Waals surface area contributed by atoms with Gasteiger partial charge in [0, 0.05) is 17.3 Å². The SMILES string of the molecule is CC1Oc2ccc(NC(=O)COc3ccc(Cl)cc3Cl)cc2N(CCCN(C)C)C1=O. The van der Waals surface area contributed by atoms with Gasteiger partial charge in [-0.1, -0.05) is 23.2 Å². The molecule has 31 heavy (non-hydrogen) atoms. The number of anilines is 2. The zero-order valence-corrected chi connectivity index (χ0v) is 19.2. The van der Waals surface area contributed by atoms with E-state index in [1.54, 1.807) is 48.2 Å². The smallest absolute Gasteiger partial charge is 0.267 e. The topological polar surface area (TPSA) is 71.1 Å². The Morgan fingerprint density at radius 2 is 2.00 bits per heavy atom. The highest BCUT2D eigenvalue weighted by Gasteiger charge is 2.31. The number of hydrogen-bond acceptors (Lipinski definition) is 5. The quantitative estimate of drug-likeness (QED) is 0.635. The summed E-state index contributed by atoms with van der Waals surface area (Å²) >= 11 is 11.9. The van der Waals surface area contributed by atoms with E-state index < -0.39 is 6.10 Å². The molecule has 1 unspecified atom stereocenters. The Hall–Kier alpha value is -2.48. The fraction of sp³-hybridized carbons (Fsp3) is 0.364. The molecule has 0 fully saturated rings. The van der Waals surface area contributed by atoms with E-state index in [1.807, 2.05) is 14.1 Å². The van der Waals surface area contributed by atoms with E-state index in [9.17, 15) is 9.59 Å². The van der Waals surface area contributed by atoms with Crippen molar-refractivity contribution in [3.8, 4) is 11.5 Å². The molecule has 0 radical (unpaired) electrons. The van der Waals surface area contributed by atoms with Crippen molar-refractivity contribution >= 4 is 46.4 Å². The molecule has 2 amide bonds. The van der Waals surface area contributed by atoms with E-state index in [2.05, 4.69) is 10.2 Å². The number of carbonyl (C=O) groups excluding carboxylic acids is 2. The van der Waals surface area contributed by atoms with Crippen molar-refractivity contribution in [1.82, 2.24) is 4.90 Å². The monoisotopic (exact) mass is 465 g/mol. The molecule has 9 heteroatoms. The maximum Gasteiger partial charge on any atom is 0.267 e. The molecule has 3 rings (SSSR count). The lowest BCUT2D eigenvalue weighted by atomic mass is 10.1. The third-order valence-electron chi connectivity index (χ3n) is 4.69. The molecule has 0 bridgehead atoms. The average Bonchev–Trinajstić information content (AvgIpc) is 2.70. The highest BCUT2D eigenvalue weighted by atomic mass is 35.5. The van der Waals surface area contributed by atoms with Crippen molar-refractivity contribution in [1.29, 1.82) is 0 Å². The van der Waals surface area contributed by atoms with Crippen LogP contribution in [0.1, 0.15) is 13.3 Å². The van der Waals surface area contributed by atoms with Crippen LogP contribution in [0.4, 0.5) is 11.4 Å². The molecule has 2 aromatic rings. The fourth-order valence-electron chi connectivity index (χ4n) is 3.19. The van der Waals surface area contributed by atoms with Crippen molar-refractivity contribution in [2.45, 2.75) is 19.4 Å². The number of hydrogen-bond donors (Lipinski definition) is 1. The van der Waals surface area contributed by atoms with Gasteiger partial charge in [0.25, 0.3) is 11.8 Å². The third-order valence-corrected chi connectivity index (χ3v) is 5.22. The summed E-state index contributed by atoms with van der Waals surface area (Å²) in [5.74, 6) is 0.517. The fourth-order valence-corrected chi connectivity index (χ4v) is 3.66. The van der Waals surface area contributed by atoms with E-state index >= 15 is 0 Å². The zero-order valence-electron chi connectivity index (χ0n) is 17.7. The number of rotatable bonds is 8. The van der Waals surface area contributed by atoms with Crippen LogP contribution in [-0.2, 0) is 9.59 Å². The molecule has 1 aliphatic heterocycles. The molecule has 1 atom stereocenters. The van der Waals surface area contributed by atoms with Gasteiger partial charge in [0.05, 0.1) is 10.7 Å². The standard InChI is InChI=1S/C22H25Cl2N3O4/c1-14-22(29)27(10-4-9-26(2)3)18-12-16(6-8-20(18)31-14)25-21(28)13-30-19-7-5-15(23)11-17(19)24/h5-8,11-12,14H,4,9-10,13H2,1-3H3,(H,25,28). The number of nitrogens with one attached hydrogen (secondary N) is 1. The molecule has 1 aliphatic rings. The van der Waals surface area contributed by atoms with Crippen LogP contribution in [0.5, 0.6) is 11.5 Å². The van der Waals surface area contributed by atoms with Crippen LogP contribution < -0.4 is 19.7 Å². The first-order valence-electron chi connectivity index (χ1n) is 9.89. The van der Waals surface area contributed by atoms with E-state index in [1.165, 1.54) is 0 Å². The van der Waals surface area contributed by atoms with Crippen molar-refractivity contribution in [3.63, 3.8) is 0 Å². The maximum atomic E-state index is 12.7. The second kappa shape index (κ2) is 10.2. The maximum absolute atomic E-state index is 12.7. The van der Waals surface area contributed by atoms with E-state index in [0.717, 1.165) is 13.0 Å². The molecule has 1 heterocycles. The molecule has 0 spiro atoms. The van der Waals surface area contributed by atoms with Crippen LogP contribution >= 0.6 is 23.2 Å². The largest absolute Gasteiger partial charge is 0.482 e. The van der Waals surface area contributed by atoms with Crippen LogP contribution in [0.2, 0.25) is 10.0 Å². The van der Waals surface area contributed by atoms with E-state index in [4.69, 9.17) is 32.7 Å². The van der Waals surface area contributed by atoms with Gasteiger partial charge in [-0.3, -0.25) is 9.59 Å². The van der Waals surface area contributed by atoms with E-state index in [-0.39, 0.29) is 18.4 Å². The summed E-state index contributed by atoms with van der Waals surface area (Å²) in [6.45, 7) is 2.93. The minimum absolute atomic E-state index is 0.101. The Kier molecular flexibility index (Phi) is 7.64. The number of fused-ring (bicyclic) bond motifs is 1. The lowest BCUT2D eigenvalue weighted by Gasteiger charge is -2.33. The first-order chi connectivity index (χ1) is 14.7. The summed E-state index contributed by atoms with van der Waals surface area (Å²) in [6, 6.07) is 10.0. The van der Waals surface area contributed by atoms with Crippen LogP contribution in [-0.4, -0.2) is 56.6 Å². The Morgan fingerprint density at radius 1 is 1.23 bits per heavy atom. The van der Waals surface area contributed by atoms with Crippen molar-refractivity contribution in [2.75, 3.05) is 44.0 Å². The van der Waals surface area contributed by atoms with Crippen LogP contribution in [0, 0.1) is 0 Å². The van der Waals surface area contributed by atoms with Gasteiger partial charge >= 0.3 is 0 Å². The molecule has 0 aromatic heterocycles. The summed E-state index contributed by atoms with van der Waals surface area (Å²) in [7, 11) is 3.98. The van der Waals surface area contributed by atoms with Crippen molar-refractivity contribution in [2.24, 2.45) is 0 Å². The Labute approximate surface area is 191 Å². The van der Waals surface area contributed by atoms with Crippen LogP contribution in [0.25, 0.3) is 0 Å². The van der Waals surface area contributed by atoms with Gasteiger partial charge in [-0.05, 0) is 70.4 Å². The summed E-state index contributed by atoms with van der Waals surface area (Å²) in [6.07, 6.45) is 0.266. The second-order valence-corrected chi connectivity index (χ2v) is 8.34. The van der Waals surface area contributed by atoms with Crippen molar-refractivity contribution in [3.05, 3.63) is 46.4 Å². The number of halogens is 2. The summed E-state index contributed by atoms with van der Waals surface area (Å²) in [4.78, 5) is 28.8. The third kappa shape index (κ3) is 6.03. The van der Waals surface area contributed by atoms with Crippen molar-refractivity contribution < 1.29 is 19.1 Å². The number of carbonyl (C=O) groups is 2. The number of ether oxygens (including phenoxy) is 2. The summed E-state index contributed by atoms with van der Waals surface area (Å²) in [5, 5.41) is 3.59. The van der Waals surface area contributed by atoms with Gasteiger partial charge in [0.2, 0.25) is 0 Å². The molecule has 7 nitrogen and oxygen atoms in total. The molecule has 0 saturated heterocycles. The average molecular weight is 466 g/mol. The first kappa shape index (κ1) is 23.2. The zero-order chi connectivity index (χ0) is 22.5. The van der Waals surface area contributed by atoms with Gasteiger partial charge in [-0.25, -0.2) is 0 Å². The summed E-state index contributed by atoms with van der Waals surface area (Å²) < 4.78 is 11.2. The van der Waals surface area contributed by atoms with Gasteiger partial charge < -0.3 is 24.6 Å². The first-order valence-corrected chi connectivity index (χ1v) is 10.6. The molecule has 0 aliphatic carbocycles. The van der Waals surface area contributed by atoms with Crippen LogP contribution in [0.15, 0.2) is 36.4 Å². The van der Waals surface area contributed by atoms with Gasteiger partial charge in [0.15, 0.2) is 12.7 Å². The highest BCUT2D eigenvalue weighted by Crippen LogP contribution is 2.36. The molecular weight excluding hydrogens is 441 g/mol. The Morgan fingerprint density at radius 3 is 2.71 bits per heavy atom. The minimum atomic E-state index is -0.551. The molecule has 1 N–H and O–H groups in total. The van der Waals surface area contributed by atoms with Gasteiger partial charge in [-0.2, -0.15) is 0 Å². The lowest BCUT2D eigenvalue weighted by Crippen LogP contribution is -2.45. The minimum Gasteiger partial charge on any atom is -0.482 e. The highest BCUT2D eigenvalue weighted by molar-refractivity contribution is 6.35. The van der Waals surface area contributed by atoms with Gasteiger partial charge in [-0.15, -0.1) is 0 Å². The van der Waals surface area contributed by atoms with Gasteiger partial charge in [0.1, 0.15) is 11.5 Å². The van der Waals surface area contributed by atoms with Crippen LogP contribution in [0.3, 0.4) is 0 Å². The number of benzene rings is 2. The predicted molar refractivity (Wildman–Crippen MR) is 123 cm³/mol. The lowest BCUT2D eigenvalue weighted by molar-refractivity contribution is -0.125. The predicted octanol–water partition coefficient (Wildman–Crippen LogP) is 4.08. The van der Waals surface area contributed by atoms with E-state index in [0.29, 0.717) is 39.5 Å². The number of nitrogens with zero attached hydrogens (tertiary/aromatic N) is 2. The Balaban J connectivity index is 1.68. The molecule has 2 aromatic carbocycles.